The third kappa shape index (κ3) is 4.38. The van der Waals surface area contributed by atoms with Crippen molar-refractivity contribution < 1.29 is 19.4 Å². The summed E-state index contributed by atoms with van der Waals surface area (Å²) in [6.45, 7) is 3.08. The van der Waals surface area contributed by atoms with Gasteiger partial charge in [-0.3, -0.25) is 4.79 Å². The van der Waals surface area contributed by atoms with Gasteiger partial charge in [0.25, 0.3) is 0 Å². The molecule has 1 aliphatic heterocycles. The zero-order valence-corrected chi connectivity index (χ0v) is 11.4. The molecule has 6 heteroatoms. The van der Waals surface area contributed by atoms with Crippen molar-refractivity contribution in [3.63, 3.8) is 0 Å². The van der Waals surface area contributed by atoms with Crippen molar-refractivity contribution in [2.75, 3.05) is 39.9 Å². The number of urea groups is 1. The monoisotopic (exact) mass is 270 g/mol. The molecule has 6 nitrogen and oxygen atoms in total. The van der Waals surface area contributed by atoms with Gasteiger partial charge in [0.1, 0.15) is 0 Å². The Labute approximate surface area is 113 Å². The summed E-state index contributed by atoms with van der Waals surface area (Å²) >= 11 is 0. The molecule has 108 valence electrons. The number of amides is 2. The first-order valence-corrected chi connectivity index (χ1v) is 6.86. The van der Waals surface area contributed by atoms with E-state index in [1.165, 1.54) is 12.8 Å². The van der Waals surface area contributed by atoms with E-state index in [4.69, 9.17) is 9.84 Å². The highest BCUT2D eigenvalue weighted by atomic mass is 16.5. The smallest absolute Gasteiger partial charge is 0.319 e. The minimum absolute atomic E-state index is 0.0309. The van der Waals surface area contributed by atoms with Crippen LogP contribution in [0.5, 0.6) is 0 Å². The van der Waals surface area contributed by atoms with E-state index in [1.807, 2.05) is 0 Å². The molecule has 2 aliphatic rings. The Bertz CT molecular complexity index is 338. The summed E-state index contributed by atoms with van der Waals surface area (Å²) in [5.74, 6) is 0.0630. The zero-order chi connectivity index (χ0) is 13.8. The first kappa shape index (κ1) is 14.1. The number of aliphatic carboxylic acids is 1. The molecule has 0 aromatic heterocycles. The molecule has 19 heavy (non-hydrogen) atoms. The van der Waals surface area contributed by atoms with Gasteiger partial charge in [-0.25, -0.2) is 4.79 Å². The Kier molecular flexibility index (Phi) is 4.63. The molecule has 1 saturated heterocycles. The molecular formula is C13H22N2O4. The van der Waals surface area contributed by atoms with Gasteiger partial charge in [0, 0.05) is 39.2 Å². The molecule has 1 saturated carbocycles. The Morgan fingerprint density at radius 1 is 1.32 bits per heavy atom. The maximum Gasteiger partial charge on any atom is 0.319 e. The fourth-order valence-corrected chi connectivity index (χ4v) is 2.18. The third-order valence-corrected chi connectivity index (χ3v) is 3.64. The van der Waals surface area contributed by atoms with Crippen LogP contribution in [-0.2, 0) is 9.53 Å². The van der Waals surface area contributed by atoms with Crippen LogP contribution in [-0.4, -0.2) is 66.8 Å². The van der Waals surface area contributed by atoms with Crippen LogP contribution in [0, 0.1) is 11.8 Å². The van der Waals surface area contributed by atoms with Gasteiger partial charge >= 0.3 is 12.0 Å². The van der Waals surface area contributed by atoms with Crippen LogP contribution >= 0.6 is 0 Å². The van der Waals surface area contributed by atoms with Gasteiger partial charge in [-0.15, -0.1) is 0 Å². The normalized spacial score (nSPS) is 19.1. The molecular weight excluding hydrogens is 248 g/mol. The molecule has 0 radical (unpaired) electrons. The van der Waals surface area contributed by atoms with Crippen LogP contribution in [0.2, 0.25) is 0 Å². The fraction of sp³-hybridized carbons (Fsp3) is 0.846. The highest BCUT2D eigenvalue weighted by molar-refractivity contribution is 5.75. The van der Waals surface area contributed by atoms with Crippen LogP contribution in [0.15, 0.2) is 0 Å². The molecule has 0 aromatic rings. The average molecular weight is 270 g/mol. The maximum atomic E-state index is 11.9. The first-order chi connectivity index (χ1) is 9.06. The lowest BCUT2D eigenvalue weighted by molar-refractivity contribution is -0.139. The number of likely N-dealkylation sites (N-methyl/N-ethyl adjacent to an activating group) is 1. The summed E-state index contributed by atoms with van der Waals surface area (Å²) in [5.41, 5.74) is 0. The quantitative estimate of drug-likeness (QED) is 0.697. The van der Waals surface area contributed by atoms with E-state index in [-0.39, 0.29) is 18.4 Å². The van der Waals surface area contributed by atoms with E-state index in [9.17, 15) is 9.59 Å². The molecule has 0 aromatic carbocycles. The van der Waals surface area contributed by atoms with E-state index >= 15 is 0 Å². The van der Waals surface area contributed by atoms with Gasteiger partial charge in [-0.05, 0) is 18.8 Å². The first-order valence-electron chi connectivity index (χ1n) is 6.86. The minimum atomic E-state index is -0.793. The summed E-state index contributed by atoms with van der Waals surface area (Å²) in [4.78, 5) is 25.8. The average Bonchev–Trinajstić information content (AvgIpc) is 3.11. The van der Waals surface area contributed by atoms with Gasteiger partial charge in [-0.2, -0.15) is 0 Å². The van der Waals surface area contributed by atoms with Crippen molar-refractivity contribution >= 4 is 12.0 Å². The van der Waals surface area contributed by atoms with Gasteiger partial charge in [0.2, 0.25) is 0 Å². The zero-order valence-electron chi connectivity index (χ0n) is 11.4. The Balaban J connectivity index is 1.56. The second-order valence-corrected chi connectivity index (χ2v) is 5.59. The molecule has 1 N–H and O–H groups in total. The number of ether oxygens (including phenoxy) is 1. The van der Waals surface area contributed by atoms with Gasteiger partial charge < -0.3 is 19.6 Å². The van der Waals surface area contributed by atoms with E-state index in [0.29, 0.717) is 26.2 Å². The number of rotatable bonds is 7. The minimum Gasteiger partial charge on any atom is -0.481 e. The fourth-order valence-electron chi connectivity index (χ4n) is 2.18. The highest BCUT2D eigenvalue weighted by Gasteiger charge is 2.33. The SMILES string of the molecule is CN(CCOCC1CC1)C(=O)N1CC(CC(=O)O)C1. The van der Waals surface area contributed by atoms with Gasteiger partial charge in [0.05, 0.1) is 13.0 Å². The number of hydrogen-bond acceptors (Lipinski definition) is 3. The van der Waals surface area contributed by atoms with Crippen LogP contribution in [0.1, 0.15) is 19.3 Å². The lowest BCUT2D eigenvalue weighted by Crippen LogP contribution is -2.54. The molecule has 0 spiro atoms. The number of nitrogens with zero attached hydrogens (tertiary/aromatic N) is 2. The number of likely N-dealkylation sites (tertiary alicyclic amines) is 1. The number of carbonyl (C=O) groups excluding carboxylic acids is 1. The largest absolute Gasteiger partial charge is 0.481 e. The second kappa shape index (κ2) is 6.23. The summed E-state index contributed by atoms with van der Waals surface area (Å²) in [6.07, 6.45) is 2.69. The van der Waals surface area contributed by atoms with Gasteiger partial charge in [0.15, 0.2) is 0 Å². The van der Waals surface area contributed by atoms with Gasteiger partial charge in [-0.1, -0.05) is 0 Å². The topological polar surface area (TPSA) is 70.1 Å². The molecule has 2 fully saturated rings. The van der Waals surface area contributed by atoms with Crippen molar-refractivity contribution in [3.05, 3.63) is 0 Å². The van der Waals surface area contributed by atoms with Crippen LogP contribution in [0.3, 0.4) is 0 Å². The number of carboxylic acid groups (broad SMARTS) is 1. The van der Waals surface area contributed by atoms with Crippen LogP contribution in [0.4, 0.5) is 4.79 Å². The Hall–Kier alpha value is -1.30. The van der Waals surface area contributed by atoms with E-state index in [2.05, 4.69) is 0 Å². The lowest BCUT2D eigenvalue weighted by Gasteiger charge is -2.40. The van der Waals surface area contributed by atoms with Crippen molar-refractivity contribution in [2.45, 2.75) is 19.3 Å². The molecule has 0 unspecified atom stereocenters. The van der Waals surface area contributed by atoms with E-state index in [0.717, 1.165) is 12.5 Å². The Morgan fingerprint density at radius 3 is 2.58 bits per heavy atom. The predicted molar refractivity (Wildman–Crippen MR) is 68.9 cm³/mol. The van der Waals surface area contributed by atoms with E-state index < -0.39 is 5.97 Å². The van der Waals surface area contributed by atoms with Crippen LogP contribution < -0.4 is 0 Å². The summed E-state index contributed by atoms with van der Waals surface area (Å²) < 4.78 is 5.49. The van der Waals surface area contributed by atoms with Crippen LogP contribution in [0.25, 0.3) is 0 Å². The van der Waals surface area contributed by atoms with Crippen molar-refractivity contribution in [2.24, 2.45) is 11.8 Å². The Morgan fingerprint density at radius 2 is 2.00 bits per heavy atom. The molecule has 0 atom stereocenters. The van der Waals surface area contributed by atoms with Crippen molar-refractivity contribution in [1.29, 1.82) is 0 Å². The molecule has 2 amide bonds. The maximum absolute atomic E-state index is 11.9. The highest BCUT2D eigenvalue weighted by Crippen LogP contribution is 2.28. The van der Waals surface area contributed by atoms with Crippen molar-refractivity contribution in [1.82, 2.24) is 9.80 Å². The number of carboxylic acids is 1. The van der Waals surface area contributed by atoms with Crippen molar-refractivity contribution in [3.8, 4) is 0 Å². The molecule has 1 heterocycles. The number of carbonyl (C=O) groups is 2. The molecule has 1 aliphatic carbocycles. The lowest BCUT2D eigenvalue weighted by atomic mass is 9.97. The predicted octanol–water partition coefficient (Wildman–Crippen LogP) is 0.871. The summed E-state index contributed by atoms with van der Waals surface area (Å²) in [5, 5.41) is 8.65. The standard InChI is InChI=1S/C13H22N2O4/c1-14(4-5-19-9-10-2-3-10)13(18)15-7-11(8-15)6-12(16)17/h10-11H,2-9H2,1H3,(H,16,17). The molecule has 2 rings (SSSR count). The number of hydrogen-bond donors (Lipinski definition) is 1. The molecule has 0 bridgehead atoms. The summed E-state index contributed by atoms with van der Waals surface area (Å²) in [6, 6.07) is -0.0309. The second-order valence-electron chi connectivity index (χ2n) is 5.59. The third-order valence-electron chi connectivity index (χ3n) is 3.64. The van der Waals surface area contributed by atoms with E-state index in [1.54, 1.807) is 16.8 Å². The summed E-state index contributed by atoms with van der Waals surface area (Å²) in [7, 11) is 1.76.